The van der Waals surface area contributed by atoms with Crippen LogP contribution in [0.2, 0.25) is 0 Å². The number of carbonyl (C=O) groups is 2. The highest BCUT2D eigenvalue weighted by Crippen LogP contribution is 2.46. The summed E-state index contributed by atoms with van der Waals surface area (Å²) in [6, 6.07) is 10.6. The van der Waals surface area contributed by atoms with Gasteiger partial charge in [0.25, 0.3) is 0 Å². The van der Waals surface area contributed by atoms with Crippen LogP contribution in [0.3, 0.4) is 0 Å². The fourth-order valence-electron chi connectivity index (χ4n) is 4.18. The molecule has 2 N–H and O–H groups in total. The van der Waals surface area contributed by atoms with Gasteiger partial charge in [-0.1, -0.05) is 6.07 Å². The maximum absolute atomic E-state index is 12.7. The first-order valence-electron chi connectivity index (χ1n) is 10.1. The van der Waals surface area contributed by atoms with Crippen LogP contribution in [0.25, 0.3) is 5.69 Å². The van der Waals surface area contributed by atoms with E-state index in [9.17, 15) is 14.7 Å². The van der Waals surface area contributed by atoms with E-state index in [-0.39, 0.29) is 23.6 Å². The second-order valence-electron chi connectivity index (χ2n) is 7.43. The van der Waals surface area contributed by atoms with E-state index >= 15 is 0 Å². The van der Waals surface area contributed by atoms with E-state index in [1.807, 2.05) is 6.07 Å². The molecule has 0 fully saturated rings. The van der Waals surface area contributed by atoms with Gasteiger partial charge in [0.1, 0.15) is 28.6 Å². The number of nitrogens with zero attached hydrogens (tertiary/aromatic N) is 1. The van der Waals surface area contributed by atoms with Crippen molar-refractivity contribution in [3.05, 3.63) is 59.4 Å². The molecule has 172 valence electrons. The number of ether oxygens (including phenoxy) is 4. The predicted molar refractivity (Wildman–Crippen MR) is 120 cm³/mol. The number of fused-ring (bicyclic) bond motifs is 1. The number of hydrogen-bond acceptors (Lipinski definition) is 6. The van der Waals surface area contributed by atoms with Gasteiger partial charge in [0.2, 0.25) is 5.91 Å². The average Bonchev–Trinajstić information content (AvgIpc) is 3.22. The molecule has 0 bridgehead atoms. The van der Waals surface area contributed by atoms with Crippen molar-refractivity contribution in [2.75, 3.05) is 33.8 Å². The molecule has 1 aliphatic heterocycles. The summed E-state index contributed by atoms with van der Waals surface area (Å²) < 4.78 is 23.5. The van der Waals surface area contributed by atoms with E-state index in [1.165, 1.54) is 20.4 Å². The summed E-state index contributed by atoms with van der Waals surface area (Å²) in [6.45, 7) is 0. The van der Waals surface area contributed by atoms with Gasteiger partial charge in [0.15, 0.2) is 0 Å². The van der Waals surface area contributed by atoms with Crippen molar-refractivity contribution in [2.24, 2.45) is 0 Å². The SMILES string of the molecule is COc1ccc(C2CC(=O)Nc3c(C(=O)O)cn(-c4cc(OC)ccc4OC)c32)c(OC)c1. The number of benzene rings is 2. The zero-order valence-electron chi connectivity index (χ0n) is 18.7. The van der Waals surface area contributed by atoms with Crippen LogP contribution in [0.15, 0.2) is 42.6 Å². The van der Waals surface area contributed by atoms with Gasteiger partial charge in [0, 0.05) is 36.2 Å². The highest BCUT2D eigenvalue weighted by Gasteiger charge is 2.36. The zero-order valence-corrected chi connectivity index (χ0v) is 18.7. The van der Waals surface area contributed by atoms with Crippen LogP contribution in [-0.2, 0) is 4.79 Å². The number of amides is 1. The van der Waals surface area contributed by atoms with Gasteiger partial charge in [-0.15, -0.1) is 0 Å². The van der Waals surface area contributed by atoms with Gasteiger partial charge in [-0.25, -0.2) is 4.79 Å². The van der Waals surface area contributed by atoms with E-state index in [4.69, 9.17) is 18.9 Å². The van der Waals surface area contributed by atoms with Gasteiger partial charge in [-0.05, 0) is 18.2 Å². The average molecular weight is 452 g/mol. The number of aromatic carboxylic acids is 1. The Morgan fingerprint density at radius 2 is 1.64 bits per heavy atom. The number of aromatic nitrogens is 1. The summed E-state index contributed by atoms with van der Waals surface area (Å²) >= 11 is 0. The summed E-state index contributed by atoms with van der Waals surface area (Å²) in [6.07, 6.45) is 1.59. The lowest BCUT2D eigenvalue weighted by Crippen LogP contribution is -2.26. The quantitative estimate of drug-likeness (QED) is 0.563. The minimum atomic E-state index is -1.16. The lowest BCUT2D eigenvalue weighted by atomic mass is 9.87. The Morgan fingerprint density at radius 1 is 0.970 bits per heavy atom. The number of carbonyl (C=O) groups excluding carboxylic acids is 1. The fourth-order valence-corrected chi connectivity index (χ4v) is 4.18. The standard InChI is InChI=1S/C24H24N2O7/c1-30-13-6-8-19(32-3)18(9-13)26-12-17(24(28)29)22-23(26)16(11-21(27)25-22)15-7-5-14(31-2)10-20(15)33-4/h5-10,12,16H,11H2,1-4H3,(H,25,27)(H,28,29). The summed E-state index contributed by atoms with van der Waals surface area (Å²) in [4.78, 5) is 24.7. The van der Waals surface area contributed by atoms with Crippen molar-refractivity contribution in [3.63, 3.8) is 0 Å². The maximum Gasteiger partial charge on any atom is 0.339 e. The fraction of sp³-hybridized carbons (Fsp3) is 0.250. The first kappa shape index (κ1) is 22.1. The second kappa shape index (κ2) is 8.78. The normalized spacial score (nSPS) is 14.8. The molecule has 3 aromatic rings. The van der Waals surface area contributed by atoms with Gasteiger partial charge in [0.05, 0.1) is 45.5 Å². The van der Waals surface area contributed by atoms with E-state index in [1.54, 1.807) is 49.1 Å². The lowest BCUT2D eigenvalue weighted by Gasteiger charge is -2.28. The highest BCUT2D eigenvalue weighted by molar-refractivity contribution is 6.04. The number of methoxy groups -OCH3 is 4. The first-order valence-corrected chi connectivity index (χ1v) is 10.1. The number of hydrogen-bond donors (Lipinski definition) is 2. The van der Waals surface area contributed by atoms with Crippen LogP contribution in [0, 0.1) is 0 Å². The Balaban J connectivity index is 2.02. The number of anilines is 1. The van der Waals surface area contributed by atoms with Gasteiger partial charge >= 0.3 is 5.97 Å². The van der Waals surface area contributed by atoms with Gasteiger partial charge in [-0.2, -0.15) is 0 Å². The largest absolute Gasteiger partial charge is 0.497 e. The smallest absolute Gasteiger partial charge is 0.339 e. The number of nitrogens with one attached hydrogen (secondary N) is 1. The van der Waals surface area contributed by atoms with E-state index < -0.39 is 11.9 Å². The van der Waals surface area contributed by atoms with Crippen LogP contribution < -0.4 is 24.3 Å². The van der Waals surface area contributed by atoms with Crippen LogP contribution in [-0.4, -0.2) is 50.0 Å². The molecule has 1 aliphatic rings. The summed E-state index contributed by atoms with van der Waals surface area (Å²) in [5.74, 6) is 0.289. The molecule has 2 heterocycles. The van der Waals surface area contributed by atoms with Gasteiger partial charge < -0.3 is 33.9 Å². The molecule has 0 spiro atoms. The van der Waals surface area contributed by atoms with Gasteiger partial charge in [-0.3, -0.25) is 4.79 Å². The molecule has 33 heavy (non-hydrogen) atoms. The molecular formula is C24H24N2O7. The maximum atomic E-state index is 12.7. The molecule has 0 aliphatic carbocycles. The molecule has 4 rings (SSSR count). The Labute approximate surface area is 190 Å². The molecule has 1 atom stereocenters. The van der Waals surface area contributed by atoms with Crippen LogP contribution in [0.5, 0.6) is 23.0 Å². The van der Waals surface area contributed by atoms with E-state index in [0.29, 0.717) is 34.4 Å². The van der Waals surface area contributed by atoms with E-state index in [2.05, 4.69) is 5.32 Å². The van der Waals surface area contributed by atoms with Crippen molar-refractivity contribution in [2.45, 2.75) is 12.3 Å². The van der Waals surface area contributed by atoms with Crippen molar-refractivity contribution in [1.29, 1.82) is 0 Å². The summed E-state index contributed by atoms with van der Waals surface area (Å²) in [5.41, 5.74) is 2.12. The Kier molecular flexibility index (Phi) is 5.87. The molecule has 9 heteroatoms. The molecule has 2 aromatic carbocycles. The monoisotopic (exact) mass is 452 g/mol. The Morgan fingerprint density at radius 3 is 2.27 bits per heavy atom. The number of carboxylic acid groups (broad SMARTS) is 1. The van der Waals surface area contributed by atoms with E-state index in [0.717, 1.165) is 5.56 Å². The minimum absolute atomic E-state index is 0.0274. The van der Waals surface area contributed by atoms with Crippen LogP contribution >= 0.6 is 0 Å². The minimum Gasteiger partial charge on any atom is -0.497 e. The van der Waals surface area contributed by atoms with Crippen molar-refractivity contribution in [3.8, 4) is 28.7 Å². The Hall–Kier alpha value is -4.14. The topological polar surface area (TPSA) is 108 Å². The first-order chi connectivity index (χ1) is 15.9. The van der Waals surface area contributed by atoms with Crippen molar-refractivity contribution < 1.29 is 33.6 Å². The number of rotatable bonds is 7. The van der Waals surface area contributed by atoms with Crippen LogP contribution in [0.4, 0.5) is 5.69 Å². The molecule has 0 saturated carbocycles. The third-order valence-electron chi connectivity index (χ3n) is 5.72. The molecule has 0 saturated heterocycles. The molecular weight excluding hydrogens is 428 g/mol. The Bertz CT molecular complexity index is 1230. The van der Waals surface area contributed by atoms with Crippen molar-refractivity contribution in [1.82, 2.24) is 4.57 Å². The summed E-state index contributed by atoms with van der Waals surface area (Å²) in [5, 5.41) is 12.6. The summed E-state index contributed by atoms with van der Waals surface area (Å²) in [7, 11) is 6.17. The molecule has 1 unspecified atom stereocenters. The molecule has 1 amide bonds. The third-order valence-corrected chi connectivity index (χ3v) is 5.72. The predicted octanol–water partition coefficient (Wildman–Crippen LogP) is 3.68. The highest BCUT2D eigenvalue weighted by atomic mass is 16.5. The van der Waals surface area contributed by atoms with Crippen molar-refractivity contribution >= 4 is 17.6 Å². The second-order valence-corrected chi connectivity index (χ2v) is 7.43. The lowest BCUT2D eigenvalue weighted by molar-refractivity contribution is -0.116. The molecule has 1 aromatic heterocycles. The van der Waals surface area contributed by atoms with Crippen LogP contribution in [0.1, 0.15) is 34.0 Å². The molecule has 9 nitrogen and oxygen atoms in total. The third kappa shape index (κ3) is 3.82. The molecule has 0 radical (unpaired) electrons. The zero-order chi connectivity index (χ0) is 23.7. The number of carboxylic acids is 1.